The Morgan fingerprint density at radius 1 is 1.11 bits per heavy atom. The molecule has 8 heteroatoms. The normalized spacial score (nSPS) is 23.2. The molecule has 2 aliphatic heterocycles. The summed E-state index contributed by atoms with van der Waals surface area (Å²) in [5.74, 6) is -0.930. The fraction of sp³-hybridized carbons (Fsp3) is 0.158. The number of hydrogen-bond acceptors (Lipinski definition) is 5. The Labute approximate surface area is 169 Å². The molecular weight excluding hydrogens is 453 g/mol. The molecule has 0 saturated heterocycles. The predicted octanol–water partition coefficient (Wildman–Crippen LogP) is 4.85. The van der Waals surface area contributed by atoms with Gasteiger partial charge in [-0.25, -0.2) is 4.39 Å². The first-order valence-corrected chi connectivity index (χ1v) is 10.7. The maximum absolute atomic E-state index is 13.4. The molecule has 0 spiro atoms. The first-order valence-electron chi connectivity index (χ1n) is 8.17. The van der Waals surface area contributed by atoms with Gasteiger partial charge in [-0.15, -0.1) is 0 Å². The van der Waals surface area contributed by atoms with Gasteiger partial charge >= 0.3 is 10.8 Å². The third-order valence-electron chi connectivity index (χ3n) is 4.84. The van der Waals surface area contributed by atoms with Crippen molar-refractivity contribution in [1.29, 1.82) is 0 Å². The van der Waals surface area contributed by atoms with Gasteiger partial charge in [0.2, 0.25) is 0 Å². The molecule has 1 aromatic heterocycles. The Kier molecular flexibility index (Phi) is 4.03. The number of esters is 1. The first-order chi connectivity index (χ1) is 13.0. The zero-order valence-corrected chi connectivity index (χ0v) is 16.8. The Morgan fingerprint density at radius 2 is 1.89 bits per heavy atom. The van der Waals surface area contributed by atoms with Crippen LogP contribution in [0.3, 0.4) is 0 Å². The lowest BCUT2D eigenvalue weighted by Gasteiger charge is -2.39. The van der Waals surface area contributed by atoms with Crippen molar-refractivity contribution in [2.45, 2.75) is 16.2 Å². The number of nitrogens with one attached hydrogen (secondary N) is 1. The lowest BCUT2D eigenvalue weighted by molar-refractivity contribution is -0.140. The smallest absolute Gasteiger partial charge is 0.316 e. The Hall–Kier alpha value is -1.90. The molecule has 0 saturated carbocycles. The fourth-order valence-electron chi connectivity index (χ4n) is 3.71. The minimum atomic E-state index is -0.499. The lowest BCUT2D eigenvalue weighted by atomic mass is 9.78. The third-order valence-corrected chi connectivity index (χ3v) is 7.81. The summed E-state index contributed by atoms with van der Waals surface area (Å²) in [4.78, 5) is 28.6. The minimum absolute atomic E-state index is 0.151. The molecule has 2 aliphatic rings. The van der Waals surface area contributed by atoms with Crippen molar-refractivity contribution in [3.05, 3.63) is 78.4 Å². The highest BCUT2D eigenvalue weighted by molar-refractivity contribution is 9.10. The van der Waals surface area contributed by atoms with Crippen LogP contribution in [0.1, 0.15) is 27.2 Å². The molecule has 3 atom stereocenters. The number of ether oxygens (including phenoxy) is 1. The number of aromatic nitrogens is 1. The van der Waals surface area contributed by atoms with Crippen molar-refractivity contribution < 1.29 is 13.9 Å². The molecule has 0 bridgehead atoms. The fourth-order valence-corrected chi connectivity index (χ4v) is 6.68. The third kappa shape index (κ3) is 2.78. The average Bonchev–Trinajstić information content (AvgIpc) is 3.02. The van der Waals surface area contributed by atoms with E-state index >= 15 is 0 Å². The summed E-state index contributed by atoms with van der Waals surface area (Å²) in [5, 5.41) is 0.481. The van der Waals surface area contributed by atoms with Crippen LogP contribution in [0.15, 0.2) is 56.8 Å². The summed E-state index contributed by atoms with van der Waals surface area (Å²) in [6.45, 7) is 0. The number of halogens is 2. The molecule has 0 fully saturated rings. The van der Waals surface area contributed by atoms with Crippen molar-refractivity contribution >= 4 is 45.0 Å². The summed E-state index contributed by atoms with van der Waals surface area (Å²) in [6, 6.07) is 11.7. The standard InChI is InChI=1S/C19H11BrFNO3S2/c20-9-3-6-12-11(7-9)13-14(18(23)25-12)15(8-1-4-10(21)5-2-8)26-17-16(13)27-19(24)22-17/h1-7,13-15H,(H,22,24)/t13-,14-,15+/m1/s1. The van der Waals surface area contributed by atoms with Gasteiger partial charge in [-0.05, 0) is 35.9 Å². The predicted molar refractivity (Wildman–Crippen MR) is 105 cm³/mol. The van der Waals surface area contributed by atoms with Crippen molar-refractivity contribution in [3.8, 4) is 5.75 Å². The molecule has 27 heavy (non-hydrogen) atoms. The quantitative estimate of drug-likeness (QED) is 0.413. The number of carbonyl (C=O) groups is 1. The Bertz CT molecular complexity index is 1120. The summed E-state index contributed by atoms with van der Waals surface area (Å²) in [6.07, 6.45) is 0. The Balaban J connectivity index is 1.74. The molecule has 2 aromatic carbocycles. The molecule has 4 nitrogen and oxygen atoms in total. The second kappa shape index (κ2) is 6.32. The highest BCUT2D eigenvalue weighted by Crippen LogP contribution is 2.58. The summed E-state index contributed by atoms with van der Waals surface area (Å²) in [5.41, 5.74) is 1.70. The van der Waals surface area contributed by atoms with E-state index in [0.717, 1.165) is 36.8 Å². The van der Waals surface area contributed by atoms with Crippen LogP contribution in [0.4, 0.5) is 4.39 Å². The number of fused-ring (bicyclic) bond motifs is 5. The molecule has 0 aliphatic carbocycles. The van der Waals surface area contributed by atoms with Crippen LogP contribution < -0.4 is 9.61 Å². The van der Waals surface area contributed by atoms with Crippen LogP contribution in [0.2, 0.25) is 0 Å². The molecule has 0 amide bonds. The summed E-state index contributed by atoms with van der Waals surface area (Å²) in [7, 11) is 0. The molecule has 5 rings (SSSR count). The van der Waals surface area contributed by atoms with Crippen molar-refractivity contribution in [1.82, 2.24) is 4.98 Å². The van der Waals surface area contributed by atoms with Crippen molar-refractivity contribution in [3.63, 3.8) is 0 Å². The number of thiazole rings is 1. The second-order valence-electron chi connectivity index (χ2n) is 6.40. The number of benzene rings is 2. The number of aromatic amines is 1. The van der Waals surface area contributed by atoms with Gasteiger partial charge in [0, 0.05) is 20.8 Å². The van der Waals surface area contributed by atoms with E-state index < -0.39 is 5.92 Å². The van der Waals surface area contributed by atoms with Crippen LogP contribution in [0.5, 0.6) is 5.75 Å². The SMILES string of the molecule is O=C1Oc2ccc(Br)cc2[C@H]2c3sc(=O)[nH]c3S[C@@H](c3ccc(F)cc3)[C@H]12. The van der Waals surface area contributed by atoms with Gasteiger partial charge in [-0.1, -0.05) is 51.2 Å². The highest BCUT2D eigenvalue weighted by atomic mass is 79.9. The number of rotatable bonds is 1. The van der Waals surface area contributed by atoms with E-state index in [4.69, 9.17) is 4.74 Å². The van der Waals surface area contributed by atoms with Gasteiger partial charge in [0.1, 0.15) is 11.6 Å². The monoisotopic (exact) mass is 463 g/mol. The van der Waals surface area contributed by atoms with Crippen molar-refractivity contribution in [2.24, 2.45) is 5.92 Å². The number of thioether (sulfide) groups is 1. The van der Waals surface area contributed by atoms with Crippen LogP contribution in [0, 0.1) is 11.7 Å². The van der Waals surface area contributed by atoms with E-state index in [1.54, 1.807) is 18.2 Å². The van der Waals surface area contributed by atoms with Crippen LogP contribution in [-0.2, 0) is 4.79 Å². The van der Waals surface area contributed by atoms with Gasteiger partial charge < -0.3 is 9.72 Å². The van der Waals surface area contributed by atoms with Gasteiger partial charge in [0.05, 0.1) is 16.2 Å². The van der Waals surface area contributed by atoms with E-state index in [-0.39, 0.29) is 27.8 Å². The maximum Gasteiger partial charge on any atom is 0.316 e. The van der Waals surface area contributed by atoms with E-state index in [1.165, 1.54) is 23.9 Å². The van der Waals surface area contributed by atoms with Crippen molar-refractivity contribution in [2.75, 3.05) is 0 Å². The molecule has 3 heterocycles. The number of carbonyl (C=O) groups excluding carboxylic acids is 1. The zero-order chi connectivity index (χ0) is 18.7. The highest BCUT2D eigenvalue weighted by Gasteiger charge is 2.49. The van der Waals surface area contributed by atoms with Gasteiger partial charge in [-0.3, -0.25) is 9.59 Å². The molecule has 3 aromatic rings. The summed E-state index contributed by atoms with van der Waals surface area (Å²) < 4.78 is 19.9. The van der Waals surface area contributed by atoms with E-state index in [1.807, 2.05) is 12.1 Å². The molecular formula is C19H11BrFNO3S2. The first kappa shape index (κ1) is 17.2. The van der Waals surface area contributed by atoms with Crippen LogP contribution >= 0.6 is 39.0 Å². The van der Waals surface area contributed by atoms with E-state index in [9.17, 15) is 14.0 Å². The maximum atomic E-state index is 13.4. The topological polar surface area (TPSA) is 59.2 Å². The molecule has 136 valence electrons. The van der Waals surface area contributed by atoms with E-state index in [0.29, 0.717) is 5.75 Å². The van der Waals surface area contributed by atoms with E-state index in [2.05, 4.69) is 20.9 Å². The lowest BCUT2D eigenvalue weighted by Crippen LogP contribution is -2.37. The number of H-pyrrole nitrogens is 1. The van der Waals surface area contributed by atoms with Gasteiger partial charge in [0.15, 0.2) is 0 Å². The van der Waals surface area contributed by atoms with Crippen LogP contribution in [-0.4, -0.2) is 11.0 Å². The van der Waals surface area contributed by atoms with Crippen LogP contribution in [0.25, 0.3) is 0 Å². The Morgan fingerprint density at radius 3 is 2.67 bits per heavy atom. The summed E-state index contributed by atoms with van der Waals surface area (Å²) >= 11 is 6.04. The minimum Gasteiger partial charge on any atom is -0.426 e. The zero-order valence-electron chi connectivity index (χ0n) is 13.6. The van der Waals surface area contributed by atoms with Gasteiger partial charge in [0.25, 0.3) is 0 Å². The average molecular weight is 464 g/mol. The second-order valence-corrected chi connectivity index (χ2v) is 9.49. The molecule has 0 radical (unpaired) electrons. The van der Waals surface area contributed by atoms with Gasteiger partial charge in [-0.2, -0.15) is 0 Å². The number of hydrogen-bond donors (Lipinski definition) is 1. The molecule has 1 N–H and O–H groups in total. The largest absolute Gasteiger partial charge is 0.426 e. The molecule has 0 unspecified atom stereocenters.